The highest BCUT2D eigenvalue weighted by Crippen LogP contribution is 2.18. The van der Waals surface area contributed by atoms with E-state index >= 15 is 0 Å². The van der Waals surface area contributed by atoms with E-state index in [0.717, 1.165) is 12.3 Å². The molecule has 0 radical (unpaired) electrons. The molecule has 0 saturated carbocycles. The van der Waals surface area contributed by atoms with E-state index in [9.17, 15) is 0 Å². The van der Waals surface area contributed by atoms with Crippen molar-refractivity contribution in [2.75, 3.05) is 0 Å². The van der Waals surface area contributed by atoms with Crippen molar-refractivity contribution in [1.82, 2.24) is 0 Å². The zero-order chi connectivity index (χ0) is 14.3. The maximum Gasteiger partial charge on any atom is 0.0727 e. The van der Waals surface area contributed by atoms with E-state index in [1.807, 2.05) is 12.1 Å². The normalized spacial score (nSPS) is 14.5. The molecule has 2 aromatic carbocycles. The minimum absolute atomic E-state index is 0.0277. The SMILES string of the molecule is C1=CC(/C(=N\Cc2ccccc2)c2ccccc2)=CI=C1. The van der Waals surface area contributed by atoms with Gasteiger partial charge in [-0.25, -0.2) is 0 Å². The van der Waals surface area contributed by atoms with Crippen LogP contribution < -0.4 is 0 Å². The quantitative estimate of drug-likeness (QED) is 0.524. The topological polar surface area (TPSA) is 12.4 Å². The fraction of sp³-hybridized carbons (Fsp3) is 0.0526. The highest BCUT2D eigenvalue weighted by Gasteiger charge is 2.08. The molecule has 0 bridgehead atoms. The highest BCUT2D eigenvalue weighted by atomic mass is 127. The molecule has 1 aliphatic rings. The van der Waals surface area contributed by atoms with Crippen molar-refractivity contribution < 1.29 is 0 Å². The van der Waals surface area contributed by atoms with Crippen LogP contribution in [0.25, 0.3) is 0 Å². The first kappa shape index (κ1) is 14.1. The van der Waals surface area contributed by atoms with Crippen molar-refractivity contribution in [3.8, 4) is 0 Å². The molecule has 2 aromatic rings. The summed E-state index contributed by atoms with van der Waals surface area (Å²) in [6, 6.07) is 20.9. The fourth-order valence-corrected chi connectivity index (χ4v) is 3.70. The molecule has 0 aliphatic carbocycles. The molecular formula is C19H16IN. The van der Waals surface area contributed by atoms with Gasteiger partial charge in [0.25, 0.3) is 0 Å². The van der Waals surface area contributed by atoms with Gasteiger partial charge in [-0.15, -0.1) is 0 Å². The van der Waals surface area contributed by atoms with Crippen molar-refractivity contribution in [2.45, 2.75) is 6.54 Å². The van der Waals surface area contributed by atoms with Gasteiger partial charge in [0.1, 0.15) is 0 Å². The third-order valence-corrected chi connectivity index (χ3v) is 5.05. The summed E-state index contributed by atoms with van der Waals surface area (Å²) >= 11 is 0.0277. The van der Waals surface area contributed by atoms with Gasteiger partial charge in [-0.05, 0) is 13.7 Å². The number of hydrogen-bond acceptors (Lipinski definition) is 1. The highest BCUT2D eigenvalue weighted by molar-refractivity contribution is 14.2. The van der Waals surface area contributed by atoms with Gasteiger partial charge < -0.3 is 0 Å². The number of halogens is 1. The van der Waals surface area contributed by atoms with Gasteiger partial charge >= 0.3 is 0 Å². The van der Waals surface area contributed by atoms with Crippen LogP contribution in [0.4, 0.5) is 0 Å². The van der Waals surface area contributed by atoms with Crippen LogP contribution in [0.1, 0.15) is 11.1 Å². The number of nitrogens with zero attached hydrogens (tertiary/aromatic N) is 1. The number of aliphatic imine (C=N–C) groups is 1. The summed E-state index contributed by atoms with van der Waals surface area (Å²) < 4.78 is 4.61. The molecular weight excluding hydrogens is 369 g/mol. The molecule has 0 amide bonds. The van der Waals surface area contributed by atoms with Crippen LogP contribution in [0.3, 0.4) is 0 Å². The van der Waals surface area contributed by atoms with Gasteiger partial charge in [0.15, 0.2) is 0 Å². The Labute approximate surface area is 135 Å². The maximum absolute atomic E-state index is 4.89. The summed E-state index contributed by atoms with van der Waals surface area (Å²) in [7, 11) is 0. The standard InChI is InChI=1S/C19H16IN/c1-3-8-16(9-4-1)15-21-19(17-10-5-2-6-11-17)18-12-7-13-20-14-18/h1-14H,15H2/b21-19-. The second-order valence-electron chi connectivity index (χ2n) is 4.69. The van der Waals surface area contributed by atoms with Crippen molar-refractivity contribution in [1.29, 1.82) is 0 Å². The summed E-state index contributed by atoms with van der Waals surface area (Å²) in [5.41, 5.74) is 4.79. The zero-order valence-electron chi connectivity index (χ0n) is 11.6. The third kappa shape index (κ3) is 3.85. The number of benzene rings is 2. The fourth-order valence-electron chi connectivity index (χ4n) is 2.15. The Bertz CT molecular complexity index is 710. The van der Waals surface area contributed by atoms with E-state index in [1.165, 1.54) is 16.7 Å². The molecule has 0 unspecified atom stereocenters. The molecule has 0 aromatic heterocycles. The predicted octanol–water partition coefficient (Wildman–Crippen LogP) is 4.90. The van der Waals surface area contributed by atoms with E-state index in [2.05, 4.69) is 68.8 Å². The van der Waals surface area contributed by atoms with Crippen molar-refractivity contribution in [3.05, 3.63) is 93.6 Å². The summed E-state index contributed by atoms with van der Waals surface area (Å²) in [5.74, 6) is 0. The van der Waals surface area contributed by atoms with Gasteiger partial charge in [0.2, 0.25) is 0 Å². The monoisotopic (exact) mass is 385 g/mol. The lowest BCUT2D eigenvalue weighted by atomic mass is 10.0. The summed E-state index contributed by atoms with van der Waals surface area (Å²) in [6.07, 6.45) is 4.32. The minimum atomic E-state index is 0.0277. The molecule has 21 heavy (non-hydrogen) atoms. The molecule has 0 N–H and O–H groups in total. The van der Waals surface area contributed by atoms with Crippen LogP contribution >= 0.6 is 20.7 Å². The average molecular weight is 385 g/mol. The first-order valence-electron chi connectivity index (χ1n) is 6.90. The lowest BCUT2D eigenvalue weighted by Crippen LogP contribution is -2.05. The molecule has 2 heteroatoms. The first-order valence-corrected chi connectivity index (χ1v) is 9.39. The van der Waals surface area contributed by atoms with Gasteiger partial charge in [0, 0.05) is 11.1 Å². The number of rotatable bonds is 4. The van der Waals surface area contributed by atoms with Crippen molar-refractivity contribution in [3.63, 3.8) is 0 Å². The molecule has 0 spiro atoms. The second-order valence-corrected chi connectivity index (χ2v) is 6.75. The van der Waals surface area contributed by atoms with Crippen LogP contribution in [0.5, 0.6) is 0 Å². The van der Waals surface area contributed by atoms with Crippen LogP contribution in [0.2, 0.25) is 0 Å². The first-order chi connectivity index (χ1) is 10.4. The average Bonchev–Trinajstić information content (AvgIpc) is 2.58. The molecule has 104 valence electrons. The molecule has 0 fully saturated rings. The third-order valence-electron chi connectivity index (χ3n) is 3.19. The van der Waals surface area contributed by atoms with Crippen molar-refractivity contribution >= 4 is 30.5 Å². The zero-order valence-corrected chi connectivity index (χ0v) is 13.8. The molecule has 3 rings (SSSR count). The van der Waals surface area contributed by atoms with Crippen LogP contribution in [0, 0.1) is 0 Å². The Morgan fingerprint density at radius 1 is 0.905 bits per heavy atom. The summed E-state index contributed by atoms with van der Waals surface area (Å²) in [5, 5.41) is 0. The molecule has 0 saturated heterocycles. The van der Waals surface area contributed by atoms with Crippen molar-refractivity contribution in [2.24, 2.45) is 4.99 Å². The minimum Gasteiger partial charge on any atom is -0.279 e. The number of allylic oxidation sites excluding steroid dienone is 3. The van der Waals surface area contributed by atoms with E-state index in [4.69, 9.17) is 4.99 Å². The smallest absolute Gasteiger partial charge is 0.0727 e. The van der Waals surface area contributed by atoms with Crippen LogP contribution in [-0.2, 0) is 6.54 Å². The van der Waals surface area contributed by atoms with E-state index in [0.29, 0.717) is 0 Å². The van der Waals surface area contributed by atoms with Gasteiger partial charge in [-0.1, -0.05) is 93.5 Å². The lowest BCUT2D eigenvalue weighted by Gasteiger charge is -2.09. The van der Waals surface area contributed by atoms with Gasteiger partial charge in [-0.3, -0.25) is 4.99 Å². The Hall–Kier alpha value is -1.81. The maximum atomic E-state index is 4.89. The molecule has 1 aliphatic heterocycles. The Morgan fingerprint density at radius 3 is 2.29 bits per heavy atom. The predicted molar refractivity (Wildman–Crippen MR) is 100 cm³/mol. The summed E-state index contributed by atoms with van der Waals surface area (Å²) in [6.45, 7) is 0.721. The number of hydrogen-bond donors (Lipinski definition) is 0. The second kappa shape index (κ2) is 7.27. The Balaban J connectivity index is 1.95. The largest absolute Gasteiger partial charge is 0.279 e. The van der Waals surface area contributed by atoms with Gasteiger partial charge in [0.05, 0.1) is 12.3 Å². The van der Waals surface area contributed by atoms with Gasteiger partial charge in [-0.2, -0.15) is 0 Å². The molecule has 0 atom stereocenters. The Kier molecular flexibility index (Phi) is 4.90. The van der Waals surface area contributed by atoms with E-state index in [-0.39, 0.29) is 20.7 Å². The molecule has 1 heterocycles. The van der Waals surface area contributed by atoms with E-state index < -0.39 is 0 Å². The Morgan fingerprint density at radius 2 is 1.62 bits per heavy atom. The van der Waals surface area contributed by atoms with Crippen LogP contribution in [0.15, 0.2) is 87.5 Å². The van der Waals surface area contributed by atoms with E-state index in [1.54, 1.807) is 0 Å². The summed E-state index contributed by atoms with van der Waals surface area (Å²) in [4.78, 5) is 4.89. The van der Waals surface area contributed by atoms with Crippen LogP contribution in [-0.4, -0.2) is 9.72 Å². The lowest BCUT2D eigenvalue weighted by molar-refractivity contribution is 1.07. The molecule has 1 nitrogen and oxygen atoms in total.